The van der Waals surface area contributed by atoms with Crippen molar-refractivity contribution in [1.29, 1.82) is 0 Å². The summed E-state index contributed by atoms with van der Waals surface area (Å²) in [5, 5.41) is 4.08. The number of aryl methyl sites for hydroxylation is 2. The Balaban J connectivity index is 1.50. The Hall–Kier alpha value is -2.28. The fourth-order valence-electron chi connectivity index (χ4n) is 3.23. The van der Waals surface area contributed by atoms with E-state index in [1.807, 2.05) is 13.0 Å². The molecule has 1 N–H and O–H groups in total. The van der Waals surface area contributed by atoms with Crippen molar-refractivity contribution in [1.82, 2.24) is 20.2 Å². The Morgan fingerprint density at radius 3 is 2.73 bits per heavy atom. The molecule has 0 aromatic carbocycles. The van der Waals surface area contributed by atoms with Crippen molar-refractivity contribution in [3.63, 3.8) is 0 Å². The van der Waals surface area contributed by atoms with E-state index in [1.54, 1.807) is 34.6 Å². The molecule has 0 spiro atoms. The highest BCUT2D eigenvalue weighted by atomic mass is 32.1. The maximum atomic E-state index is 12.5. The maximum absolute atomic E-state index is 12.5. The molecule has 7 heteroatoms. The van der Waals surface area contributed by atoms with Gasteiger partial charge < -0.3 is 10.2 Å². The molecule has 0 atom stereocenters. The van der Waals surface area contributed by atoms with Gasteiger partial charge in [-0.2, -0.15) is 0 Å². The first-order valence-corrected chi connectivity index (χ1v) is 9.83. The van der Waals surface area contributed by atoms with Gasteiger partial charge in [0.05, 0.1) is 17.2 Å². The molecule has 2 aromatic rings. The maximum Gasteiger partial charge on any atom is 0.272 e. The third-order valence-electron chi connectivity index (χ3n) is 4.68. The number of rotatable bonds is 5. The Morgan fingerprint density at radius 1 is 1.31 bits per heavy atom. The lowest BCUT2D eigenvalue weighted by Crippen LogP contribution is -2.43. The molecule has 2 aromatic heterocycles. The van der Waals surface area contributed by atoms with Crippen molar-refractivity contribution in [2.45, 2.75) is 39.7 Å². The largest absolute Gasteiger partial charge is 0.351 e. The number of nitrogens with zero attached hydrogens (tertiary/aromatic N) is 3. The van der Waals surface area contributed by atoms with E-state index < -0.39 is 0 Å². The number of hydrogen-bond acceptors (Lipinski definition) is 5. The minimum absolute atomic E-state index is 0.0399. The van der Waals surface area contributed by atoms with Crippen molar-refractivity contribution in [2.75, 3.05) is 13.1 Å². The lowest BCUT2D eigenvalue weighted by molar-refractivity contribution is -0.126. The summed E-state index contributed by atoms with van der Waals surface area (Å²) in [4.78, 5) is 36.4. The molecule has 138 valence electrons. The first-order valence-electron chi connectivity index (χ1n) is 9.01. The molecule has 1 aliphatic heterocycles. The average Bonchev–Trinajstić information content (AvgIpc) is 3.06. The molecule has 1 aliphatic rings. The van der Waals surface area contributed by atoms with Crippen molar-refractivity contribution < 1.29 is 9.59 Å². The van der Waals surface area contributed by atoms with Gasteiger partial charge in [0.1, 0.15) is 5.69 Å². The minimum Gasteiger partial charge on any atom is -0.351 e. The molecule has 0 bridgehead atoms. The fourth-order valence-corrected chi connectivity index (χ4v) is 4.20. The van der Waals surface area contributed by atoms with Crippen molar-refractivity contribution in [3.8, 4) is 0 Å². The number of amides is 2. The number of carbonyl (C=O) groups excluding carboxylic acids is 2. The van der Waals surface area contributed by atoms with Gasteiger partial charge in [-0.3, -0.25) is 14.6 Å². The Labute approximate surface area is 157 Å². The van der Waals surface area contributed by atoms with Crippen LogP contribution in [0.25, 0.3) is 0 Å². The van der Waals surface area contributed by atoms with Crippen LogP contribution in [0.3, 0.4) is 0 Å². The number of likely N-dealkylation sites (tertiary alicyclic amines) is 1. The van der Waals surface area contributed by atoms with E-state index in [1.165, 1.54) is 0 Å². The lowest BCUT2D eigenvalue weighted by atomic mass is 9.95. The first kappa shape index (κ1) is 18.5. The second-order valence-corrected chi connectivity index (χ2v) is 7.74. The predicted molar refractivity (Wildman–Crippen MR) is 101 cm³/mol. The van der Waals surface area contributed by atoms with Gasteiger partial charge in [-0.05, 0) is 38.3 Å². The monoisotopic (exact) mass is 372 g/mol. The van der Waals surface area contributed by atoms with E-state index >= 15 is 0 Å². The topological polar surface area (TPSA) is 75.2 Å². The van der Waals surface area contributed by atoms with Crippen molar-refractivity contribution >= 4 is 23.2 Å². The Bertz CT molecular complexity index is 767. The molecule has 0 radical (unpaired) electrons. The van der Waals surface area contributed by atoms with Gasteiger partial charge in [0.15, 0.2) is 0 Å². The number of piperidine rings is 1. The Morgan fingerprint density at radius 2 is 2.08 bits per heavy atom. The van der Waals surface area contributed by atoms with Crippen LogP contribution < -0.4 is 5.32 Å². The van der Waals surface area contributed by atoms with Crippen LogP contribution in [0, 0.1) is 12.8 Å². The molecule has 6 nitrogen and oxygen atoms in total. The number of aromatic nitrogens is 2. The zero-order valence-corrected chi connectivity index (χ0v) is 16.0. The van der Waals surface area contributed by atoms with E-state index in [-0.39, 0.29) is 17.7 Å². The van der Waals surface area contributed by atoms with Crippen molar-refractivity contribution in [3.05, 3.63) is 45.7 Å². The highest BCUT2D eigenvalue weighted by Gasteiger charge is 2.28. The second-order valence-electron chi connectivity index (χ2n) is 6.46. The summed E-state index contributed by atoms with van der Waals surface area (Å²) < 4.78 is 0. The van der Waals surface area contributed by atoms with E-state index in [2.05, 4.69) is 22.2 Å². The molecule has 0 aliphatic carbocycles. The summed E-state index contributed by atoms with van der Waals surface area (Å²) in [7, 11) is 0. The Kier molecular flexibility index (Phi) is 5.98. The van der Waals surface area contributed by atoms with Crippen LogP contribution >= 0.6 is 11.3 Å². The number of carbonyl (C=O) groups is 2. The molecular formula is C19H24N4O2S. The average molecular weight is 372 g/mol. The lowest BCUT2D eigenvalue weighted by Gasteiger charge is -2.31. The second kappa shape index (κ2) is 8.40. The van der Waals surface area contributed by atoms with Crippen LogP contribution in [0.15, 0.2) is 24.4 Å². The summed E-state index contributed by atoms with van der Waals surface area (Å²) in [6, 6.07) is 5.33. The van der Waals surface area contributed by atoms with E-state index in [9.17, 15) is 9.59 Å². The van der Waals surface area contributed by atoms with Gasteiger partial charge in [-0.25, -0.2) is 4.98 Å². The molecule has 0 unspecified atom stereocenters. The van der Waals surface area contributed by atoms with Crippen LogP contribution in [0.4, 0.5) is 0 Å². The molecule has 3 heterocycles. The zero-order chi connectivity index (χ0) is 18.5. The minimum atomic E-state index is -0.0582. The standard InChI is InChI=1S/C19H24N4O2S/c1-3-15-17(26-13(2)22-15)12-21-18(24)14-7-10-23(11-8-14)19(25)16-6-4-5-9-20-16/h4-6,9,14H,3,7-8,10-12H2,1-2H3,(H,21,24). The highest BCUT2D eigenvalue weighted by Crippen LogP contribution is 2.21. The van der Waals surface area contributed by atoms with Crippen LogP contribution in [-0.4, -0.2) is 39.8 Å². The summed E-state index contributed by atoms with van der Waals surface area (Å²) in [5.41, 5.74) is 1.53. The zero-order valence-electron chi connectivity index (χ0n) is 15.2. The van der Waals surface area contributed by atoms with Crippen LogP contribution in [0.2, 0.25) is 0 Å². The smallest absolute Gasteiger partial charge is 0.272 e. The summed E-state index contributed by atoms with van der Waals surface area (Å²) in [5.74, 6) is -0.0258. The number of pyridine rings is 1. The molecule has 1 fully saturated rings. The van der Waals surface area contributed by atoms with E-state index in [4.69, 9.17) is 0 Å². The highest BCUT2D eigenvalue weighted by molar-refractivity contribution is 7.11. The molecule has 2 amide bonds. The molecule has 3 rings (SSSR count). The number of hydrogen-bond donors (Lipinski definition) is 1. The van der Waals surface area contributed by atoms with Gasteiger partial charge in [-0.15, -0.1) is 11.3 Å². The predicted octanol–water partition coefficient (Wildman–Crippen LogP) is 2.58. The van der Waals surface area contributed by atoms with Gasteiger partial charge in [0.2, 0.25) is 5.91 Å². The van der Waals surface area contributed by atoms with Crippen LogP contribution in [0.5, 0.6) is 0 Å². The third kappa shape index (κ3) is 4.27. The van der Waals surface area contributed by atoms with Crippen molar-refractivity contribution in [2.24, 2.45) is 5.92 Å². The van der Waals surface area contributed by atoms with Crippen LogP contribution in [-0.2, 0) is 17.8 Å². The number of nitrogens with one attached hydrogen (secondary N) is 1. The molecule has 0 saturated carbocycles. The SMILES string of the molecule is CCc1nc(C)sc1CNC(=O)C1CCN(C(=O)c2ccccn2)CC1. The number of thiazole rings is 1. The normalized spacial score (nSPS) is 15.1. The van der Waals surface area contributed by atoms with Crippen LogP contribution in [0.1, 0.15) is 45.8 Å². The van der Waals surface area contributed by atoms with Gasteiger partial charge >= 0.3 is 0 Å². The van der Waals surface area contributed by atoms with Gasteiger partial charge in [0.25, 0.3) is 5.91 Å². The van der Waals surface area contributed by atoms with E-state index in [0.29, 0.717) is 38.2 Å². The summed E-state index contributed by atoms with van der Waals surface area (Å²) >= 11 is 1.64. The quantitative estimate of drug-likeness (QED) is 0.875. The summed E-state index contributed by atoms with van der Waals surface area (Å²) in [6.07, 6.45) is 3.88. The van der Waals surface area contributed by atoms with Gasteiger partial charge in [0, 0.05) is 30.1 Å². The third-order valence-corrected chi connectivity index (χ3v) is 5.69. The molecule has 1 saturated heterocycles. The van der Waals surface area contributed by atoms with Gasteiger partial charge in [-0.1, -0.05) is 13.0 Å². The van der Waals surface area contributed by atoms with E-state index in [0.717, 1.165) is 22.0 Å². The first-order chi connectivity index (χ1) is 12.6. The molecule has 26 heavy (non-hydrogen) atoms. The fraction of sp³-hybridized carbons (Fsp3) is 0.474. The molecular weight excluding hydrogens is 348 g/mol. The summed E-state index contributed by atoms with van der Waals surface area (Å²) in [6.45, 7) is 5.79.